The molecule has 5 nitrogen and oxygen atoms in total. The van der Waals surface area contributed by atoms with Crippen molar-refractivity contribution in [2.24, 2.45) is 4.99 Å². The summed E-state index contributed by atoms with van der Waals surface area (Å²) in [6.45, 7) is 5.78. The fourth-order valence-corrected chi connectivity index (χ4v) is 3.16. The Hall–Kier alpha value is -2.08. The first-order valence-electron chi connectivity index (χ1n) is 8.11. The van der Waals surface area contributed by atoms with Gasteiger partial charge in [0.15, 0.2) is 5.96 Å². The van der Waals surface area contributed by atoms with Crippen LogP contribution in [0.3, 0.4) is 0 Å². The average Bonchev–Trinajstić information content (AvgIpc) is 3.00. The van der Waals surface area contributed by atoms with Crippen LogP contribution in [0.25, 0.3) is 0 Å². The molecule has 0 amide bonds. The number of aromatic nitrogens is 1. The van der Waals surface area contributed by atoms with Crippen molar-refractivity contribution in [1.29, 1.82) is 0 Å². The van der Waals surface area contributed by atoms with Gasteiger partial charge in [-0.15, -0.1) is 11.3 Å². The summed E-state index contributed by atoms with van der Waals surface area (Å²) >= 11 is 1.74. The van der Waals surface area contributed by atoms with Crippen molar-refractivity contribution >= 4 is 17.3 Å². The lowest BCUT2D eigenvalue weighted by Gasteiger charge is -2.12. The van der Waals surface area contributed by atoms with Crippen LogP contribution in [0.2, 0.25) is 0 Å². The first-order chi connectivity index (χ1) is 11.6. The summed E-state index contributed by atoms with van der Waals surface area (Å²) < 4.78 is 5.37. The van der Waals surface area contributed by atoms with Gasteiger partial charge in [0.1, 0.15) is 5.75 Å². The first-order valence-corrected chi connectivity index (χ1v) is 8.93. The van der Waals surface area contributed by atoms with Gasteiger partial charge >= 0.3 is 0 Å². The molecule has 2 N–H and O–H groups in total. The lowest BCUT2D eigenvalue weighted by molar-refractivity contribution is 0.411. The Morgan fingerprint density at radius 2 is 1.96 bits per heavy atom. The summed E-state index contributed by atoms with van der Waals surface area (Å²) in [6, 6.07) is 6.33. The van der Waals surface area contributed by atoms with Crippen LogP contribution in [0.1, 0.15) is 21.0 Å². The normalized spacial score (nSPS) is 11.4. The van der Waals surface area contributed by atoms with Crippen LogP contribution in [0, 0.1) is 13.8 Å². The molecule has 0 spiro atoms. The smallest absolute Gasteiger partial charge is 0.191 e. The minimum absolute atomic E-state index is 0.822. The highest BCUT2D eigenvalue weighted by Gasteiger charge is 2.03. The summed E-state index contributed by atoms with van der Waals surface area (Å²) in [7, 11) is 3.50. The number of guanidine groups is 1. The molecule has 0 aliphatic heterocycles. The van der Waals surface area contributed by atoms with E-state index in [1.807, 2.05) is 6.20 Å². The predicted molar refractivity (Wildman–Crippen MR) is 101 cm³/mol. The Morgan fingerprint density at radius 1 is 1.21 bits per heavy atom. The summed E-state index contributed by atoms with van der Waals surface area (Å²) in [4.78, 5) is 9.88. The van der Waals surface area contributed by atoms with Crippen LogP contribution in [-0.4, -0.2) is 38.2 Å². The Bertz CT molecular complexity index is 681. The highest BCUT2D eigenvalue weighted by Crippen LogP contribution is 2.19. The van der Waals surface area contributed by atoms with E-state index in [1.165, 1.54) is 10.4 Å². The van der Waals surface area contributed by atoms with Crippen LogP contribution in [-0.2, 0) is 12.8 Å². The maximum Gasteiger partial charge on any atom is 0.191 e. The molecule has 0 bridgehead atoms. The molecule has 0 saturated carbocycles. The van der Waals surface area contributed by atoms with Crippen LogP contribution in [0.5, 0.6) is 5.75 Å². The highest BCUT2D eigenvalue weighted by atomic mass is 32.1. The van der Waals surface area contributed by atoms with Crippen molar-refractivity contribution < 1.29 is 4.74 Å². The molecule has 0 atom stereocenters. The topological polar surface area (TPSA) is 58.5 Å². The van der Waals surface area contributed by atoms with Gasteiger partial charge in [0.2, 0.25) is 0 Å². The number of aryl methyl sites for hydroxylation is 2. The fourth-order valence-electron chi connectivity index (χ4n) is 2.37. The van der Waals surface area contributed by atoms with Gasteiger partial charge in [-0.3, -0.25) is 4.99 Å². The quantitative estimate of drug-likeness (QED) is 0.598. The van der Waals surface area contributed by atoms with Gasteiger partial charge in [-0.25, -0.2) is 4.98 Å². The number of nitrogens with zero attached hydrogens (tertiary/aromatic N) is 2. The van der Waals surface area contributed by atoms with Crippen LogP contribution >= 0.6 is 11.3 Å². The average molecular weight is 347 g/mol. The van der Waals surface area contributed by atoms with Crippen LogP contribution in [0.4, 0.5) is 0 Å². The number of aliphatic imine (C=N–C) groups is 1. The van der Waals surface area contributed by atoms with Crippen LogP contribution < -0.4 is 15.4 Å². The third-order valence-corrected chi connectivity index (χ3v) is 4.68. The van der Waals surface area contributed by atoms with Crippen molar-refractivity contribution in [3.63, 3.8) is 0 Å². The number of hydrogen-bond donors (Lipinski definition) is 2. The zero-order chi connectivity index (χ0) is 17.4. The van der Waals surface area contributed by atoms with Gasteiger partial charge in [0.25, 0.3) is 0 Å². The molecule has 6 heteroatoms. The molecular formula is C18H26N4OS. The van der Waals surface area contributed by atoms with Crippen molar-refractivity contribution in [3.05, 3.63) is 45.4 Å². The molecular weight excluding hydrogens is 320 g/mol. The van der Waals surface area contributed by atoms with E-state index >= 15 is 0 Å². The van der Waals surface area contributed by atoms with Gasteiger partial charge in [-0.2, -0.15) is 0 Å². The van der Waals surface area contributed by atoms with Crippen molar-refractivity contribution in [2.75, 3.05) is 27.2 Å². The Kier molecular flexibility index (Phi) is 7.06. The predicted octanol–water partition coefficient (Wildman–Crippen LogP) is 2.72. The molecule has 0 saturated heterocycles. The van der Waals surface area contributed by atoms with E-state index in [2.05, 4.69) is 52.7 Å². The Labute approximate surface area is 148 Å². The number of rotatable bonds is 7. The second-order valence-electron chi connectivity index (χ2n) is 5.59. The van der Waals surface area contributed by atoms with E-state index in [0.29, 0.717) is 0 Å². The molecule has 0 unspecified atom stereocenters. The largest absolute Gasteiger partial charge is 0.496 e. The fraction of sp³-hybridized carbons (Fsp3) is 0.444. The van der Waals surface area contributed by atoms with Gasteiger partial charge in [0.05, 0.1) is 12.1 Å². The molecule has 0 radical (unpaired) electrons. The molecule has 0 aliphatic rings. The summed E-state index contributed by atoms with van der Waals surface area (Å²) in [5.74, 6) is 1.76. The summed E-state index contributed by atoms with van der Waals surface area (Å²) in [6.07, 6.45) is 3.75. The second-order valence-corrected chi connectivity index (χ2v) is 6.91. The second kappa shape index (κ2) is 9.27. The Balaban J connectivity index is 1.73. The van der Waals surface area contributed by atoms with Crippen molar-refractivity contribution in [2.45, 2.75) is 26.7 Å². The molecule has 1 aromatic heterocycles. The summed E-state index contributed by atoms with van der Waals surface area (Å²) in [5.41, 5.74) is 2.41. The van der Waals surface area contributed by atoms with Crippen LogP contribution in [0.15, 0.2) is 29.4 Å². The van der Waals surface area contributed by atoms with Gasteiger partial charge in [0, 0.05) is 37.6 Å². The highest BCUT2D eigenvalue weighted by molar-refractivity contribution is 7.11. The molecule has 2 aromatic rings. The van der Waals surface area contributed by atoms with Gasteiger partial charge in [-0.05, 0) is 37.5 Å². The zero-order valence-corrected chi connectivity index (χ0v) is 15.7. The number of ether oxygens (including phenoxy) is 1. The molecule has 1 heterocycles. The van der Waals surface area contributed by atoms with E-state index in [4.69, 9.17) is 4.74 Å². The molecule has 2 rings (SSSR count). The number of methoxy groups -OCH3 is 1. The van der Waals surface area contributed by atoms with Crippen molar-refractivity contribution in [3.8, 4) is 5.75 Å². The SMILES string of the molecule is CN=C(NCCc1ccc(C)c(OC)c1)NCCc1ncc(C)s1. The van der Waals surface area contributed by atoms with E-state index in [0.717, 1.165) is 48.2 Å². The number of hydrogen-bond acceptors (Lipinski definition) is 4. The number of benzene rings is 1. The standard InChI is InChI=1S/C18H26N4OS/c1-13-5-6-15(11-16(13)23-4)7-9-20-18(19-3)21-10-8-17-22-12-14(2)24-17/h5-6,11-12H,7-10H2,1-4H3,(H2,19,20,21). The van der Waals surface area contributed by atoms with E-state index in [1.54, 1.807) is 25.5 Å². The summed E-state index contributed by atoms with van der Waals surface area (Å²) in [5, 5.41) is 7.82. The maximum absolute atomic E-state index is 5.37. The Morgan fingerprint density at radius 3 is 2.58 bits per heavy atom. The first kappa shape index (κ1) is 18.3. The van der Waals surface area contributed by atoms with E-state index < -0.39 is 0 Å². The lowest BCUT2D eigenvalue weighted by Crippen LogP contribution is -2.39. The molecule has 0 aliphatic carbocycles. The third kappa shape index (κ3) is 5.53. The minimum Gasteiger partial charge on any atom is -0.496 e. The van der Waals surface area contributed by atoms with E-state index in [9.17, 15) is 0 Å². The van der Waals surface area contributed by atoms with Gasteiger partial charge in [-0.1, -0.05) is 12.1 Å². The van der Waals surface area contributed by atoms with Crippen molar-refractivity contribution in [1.82, 2.24) is 15.6 Å². The number of nitrogens with one attached hydrogen (secondary N) is 2. The molecule has 24 heavy (non-hydrogen) atoms. The monoisotopic (exact) mass is 346 g/mol. The minimum atomic E-state index is 0.822. The molecule has 130 valence electrons. The van der Waals surface area contributed by atoms with E-state index in [-0.39, 0.29) is 0 Å². The van der Waals surface area contributed by atoms with Gasteiger partial charge < -0.3 is 15.4 Å². The number of thiazole rings is 1. The third-order valence-electron chi connectivity index (χ3n) is 3.70. The maximum atomic E-state index is 5.37. The molecule has 0 fully saturated rings. The molecule has 1 aromatic carbocycles. The zero-order valence-electron chi connectivity index (χ0n) is 14.8. The lowest BCUT2D eigenvalue weighted by atomic mass is 10.1.